The Balaban J connectivity index is 2.04. The van der Waals surface area contributed by atoms with Gasteiger partial charge >= 0.3 is 0 Å². The number of hydrogen-bond acceptors (Lipinski definition) is 2. The first-order valence-electron chi connectivity index (χ1n) is 6.62. The Morgan fingerprint density at radius 1 is 1.22 bits per heavy atom. The number of rotatable bonds is 4. The molecule has 18 heavy (non-hydrogen) atoms. The maximum atomic E-state index is 6.09. The fraction of sp³-hybridized carbons (Fsp3) is 0.600. The molecule has 1 fully saturated rings. The molecular weight excluding hydrogens is 248 g/mol. The van der Waals surface area contributed by atoms with E-state index in [0.717, 1.165) is 35.8 Å². The summed E-state index contributed by atoms with van der Waals surface area (Å²) in [7, 11) is 1.66. The Labute approximate surface area is 114 Å². The molecule has 0 spiro atoms. The van der Waals surface area contributed by atoms with Crippen LogP contribution in [0.4, 0.5) is 0 Å². The molecule has 0 unspecified atom stereocenters. The summed E-state index contributed by atoms with van der Waals surface area (Å²) in [5, 5.41) is 0. The Morgan fingerprint density at radius 2 is 1.94 bits per heavy atom. The number of alkyl halides is 1. The quantitative estimate of drug-likeness (QED) is 0.754. The number of methoxy groups -OCH3 is 1. The third-order valence-corrected chi connectivity index (χ3v) is 3.96. The van der Waals surface area contributed by atoms with Crippen molar-refractivity contribution in [3.05, 3.63) is 23.8 Å². The van der Waals surface area contributed by atoms with Crippen LogP contribution >= 0.6 is 11.6 Å². The highest BCUT2D eigenvalue weighted by molar-refractivity contribution is 6.17. The highest BCUT2D eigenvalue weighted by Crippen LogP contribution is 2.31. The second-order valence-electron chi connectivity index (χ2n) is 5.11. The fourth-order valence-electron chi connectivity index (χ4n) is 2.43. The minimum Gasteiger partial charge on any atom is -0.497 e. The van der Waals surface area contributed by atoms with Crippen LogP contribution in [-0.2, 0) is 5.88 Å². The van der Waals surface area contributed by atoms with Crippen LogP contribution in [0.2, 0.25) is 0 Å². The maximum Gasteiger partial charge on any atom is 0.124 e. The maximum absolute atomic E-state index is 6.09. The van der Waals surface area contributed by atoms with Crippen LogP contribution in [0.15, 0.2) is 18.2 Å². The lowest BCUT2D eigenvalue weighted by Gasteiger charge is -2.27. The Hall–Kier alpha value is -0.890. The predicted octanol–water partition coefficient (Wildman–Crippen LogP) is 4.39. The molecule has 1 aromatic rings. The fourth-order valence-corrected chi connectivity index (χ4v) is 2.64. The van der Waals surface area contributed by atoms with E-state index in [-0.39, 0.29) is 0 Å². The van der Waals surface area contributed by atoms with Gasteiger partial charge in [0.25, 0.3) is 0 Å². The molecule has 0 amide bonds. The van der Waals surface area contributed by atoms with Crippen molar-refractivity contribution in [3.63, 3.8) is 0 Å². The molecule has 1 saturated carbocycles. The highest BCUT2D eigenvalue weighted by atomic mass is 35.5. The molecule has 0 atom stereocenters. The zero-order valence-corrected chi connectivity index (χ0v) is 11.9. The van der Waals surface area contributed by atoms with E-state index in [4.69, 9.17) is 21.1 Å². The van der Waals surface area contributed by atoms with E-state index in [2.05, 4.69) is 6.92 Å². The van der Waals surface area contributed by atoms with Crippen molar-refractivity contribution >= 4 is 11.6 Å². The van der Waals surface area contributed by atoms with E-state index in [9.17, 15) is 0 Å². The van der Waals surface area contributed by atoms with E-state index in [1.54, 1.807) is 7.11 Å². The minimum atomic E-state index is 0.344. The first-order chi connectivity index (χ1) is 8.72. The largest absolute Gasteiger partial charge is 0.497 e. The minimum absolute atomic E-state index is 0.344. The van der Waals surface area contributed by atoms with Crippen LogP contribution < -0.4 is 9.47 Å². The second-order valence-corrected chi connectivity index (χ2v) is 5.37. The molecule has 0 aromatic heterocycles. The summed E-state index contributed by atoms with van der Waals surface area (Å²) in [5.74, 6) is 3.03. The molecule has 3 heteroatoms. The number of ether oxygens (including phenoxy) is 2. The third kappa shape index (κ3) is 3.32. The summed E-state index contributed by atoms with van der Waals surface area (Å²) in [6.45, 7) is 2.31. The molecule has 100 valence electrons. The molecule has 0 bridgehead atoms. The lowest BCUT2D eigenvalue weighted by atomic mass is 9.89. The monoisotopic (exact) mass is 268 g/mol. The van der Waals surface area contributed by atoms with Gasteiger partial charge in [0.15, 0.2) is 0 Å². The summed E-state index contributed by atoms with van der Waals surface area (Å²) < 4.78 is 11.3. The normalized spacial score (nSPS) is 23.7. The first-order valence-corrected chi connectivity index (χ1v) is 7.16. The van der Waals surface area contributed by atoms with Crippen molar-refractivity contribution in [3.8, 4) is 11.5 Å². The molecular formula is C15H21ClO2. The van der Waals surface area contributed by atoms with E-state index >= 15 is 0 Å². The zero-order chi connectivity index (χ0) is 13.0. The van der Waals surface area contributed by atoms with Gasteiger partial charge in [0.1, 0.15) is 11.5 Å². The average Bonchev–Trinajstić information content (AvgIpc) is 2.41. The highest BCUT2D eigenvalue weighted by Gasteiger charge is 2.20. The van der Waals surface area contributed by atoms with E-state index in [1.807, 2.05) is 18.2 Å². The van der Waals surface area contributed by atoms with Crippen molar-refractivity contribution in [1.29, 1.82) is 0 Å². The van der Waals surface area contributed by atoms with Crippen molar-refractivity contribution in [1.82, 2.24) is 0 Å². The van der Waals surface area contributed by atoms with Gasteiger partial charge in [-0.15, -0.1) is 11.6 Å². The predicted molar refractivity (Wildman–Crippen MR) is 74.6 cm³/mol. The van der Waals surface area contributed by atoms with Crippen LogP contribution in [0.5, 0.6) is 11.5 Å². The van der Waals surface area contributed by atoms with Crippen LogP contribution in [-0.4, -0.2) is 13.2 Å². The summed E-state index contributed by atoms with van der Waals surface area (Å²) in [4.78, 5) is 0. The van der Waals surface area contributed by atoms with Gasteiger partial charge < -0.3 is 9.47 Å². The summed E-state index contributed by atoms with van der Waals surface area (Å²) >= 11 is 5.97. The standard InChI is InChI=1S/C15H21ClO2/c1-11-3-5-13(6-4-11)18-15-8-7-14(17-2)9-12(15)10-16/h7-9,11,13H,3-6,10H2,1-2H3. The van der Waals surface area contributed by atoms with Gasteiger partial charge in [-0.2, -0.15) is 0 Å². The van der Waals surface area contributed by atoms with Crippen molar-refractivity contribution in [2.24, 2.45) is 5.92 Å². The molecule has 1 aliphatic rings. The summed E-state index contributed by atoms with van der Waals surface area (Å²) in [6.07, 6.45) is 5.16. The van der Waals surface area contributed by atoms with Crippen molar-refractivity contribution < 1.29 is 9.47 Å². The number of benzene rings is 1. The molecule has 1 aromatic carbocycles. The van der Waals surface area contributed by atoms with Gasteiger partial charge in [0, 0.05) is 5.56 Å². The van der Waals surface area contributed by atoms with Crippen molar-refractivity contribution in [2.45, 2.75) is 44.6 Å². The van der Waals surface area contributed by atoms with Gasteiger partial charge in [0.2, 0.25) is 0 Å². The molecule has 0 radical (unpaired) electrons. The number of hydrogen-bond donors (Lipinski definition) is 0. The van der Waals surface area contributed by atoms with Crippen LogP contribution in [0.1, 0.15) is 38.2 Å². The Kier molecular flexibility index (Phi) is 4.76. The smallest absolute Gasteiger partial charge is 0.124 e. The van der Waals surface area contributed by atoms with Gasteiger partial charge in [-0.25, -0.2) is 0 Å². The lowest BCUT2D eigenvalue weighted by Crippen LogP contribution is -2.23. The van der Waals surface area contributed by atoms with E-state index < -0.39 is 0 Å². The van der Waals surface area contributed by atoms with E-state index in [1.165, 1.54) is 12.8 Å². The van der Waals surface area contributed by atoms with Crippen LogP contribution in [0.3, 0.4) is 0 Å². The lowest BCUT2D eigenvalue weighted by molar-refractivity contribution is 0.134. The van der Waals surface area contributed by atoms with Crippen LogP contribution in [0, 0.1) is 5.92 Å². The van der Waals surface area contributed by atoms with Gasteiger partial charge in [0.05, 0.1) is 19.1 Å². The third-order valence-electron chi connectivity index (χ3n) is 3.67. The molecule has 1 aliphatic carbocycles. The molecule has 2 nitrogen and oxygen atoms in total. The SMILES string of the molecule is COc1ccc(OC2CCC(C)CC2)c(CCl)c1. The van der Waals surface area contributed by atoms with Gasteiger partial charge in [-0.3, -0.25) is 0 Å². The van der Waals surface area contributed by atoms with Crippen LogP contribution in [0.25, 0.3) is 0 Å². The molecule has 0 saturated heterocycles. The average molecular weight is 269 g/mol. The molecule has 0 N–H and O–H groups in total. The van der Waals surface area contributed by atoms with Gasteiger partial charge in [-0.05, 0) is 49.8 Å². The Bertz CT molecular complexity index is 384. The topological polar surface area (TPSA) is 18.5 Å². The van der Waals surface area contributed by atoms with Crippen molar-refractivity contribution in [2.75, 3.05) is 7.11 Å². The molecule has 0 aliphatic heterocycles. The van der Waals surface area contributed by atoms with Gasteiger partial charge in [-0.1, -0.05) is 6.92 Å². The molecule has 0 heterocycles. The Morgan fingerprint density at radius 3 is 2.56 bits per heavy atom. The van der Waals surface area contributed by atoms with E-state index in [0.29, 0.717) is 12.0 Å². The summed E-state index contributed by atoms with van der Waals surface area (Å²) in [5.41, 5.74) is 1.01. The first kappa shape index (κ1) is 13.5. The molecule has 2 rings (SSSR count). The zero-order valence-electron chi connectivity index (χ0n) is 11.1. The number of halogens is 1. The second kappa shape index (κ2) is 6.33. The summed E-state index contributed by atoms with van der Waals surface area (Å²) in [6, 6.07) is 5.85.